The predicted octanol–water partition coefficient (Wildman–Crippen LogP) is 1.71. The molecule has 7 nitrogen and oxygen atoms in total. The van der Waals surface area contributed by atoms with Crippen molar-refractivity contribution < 1.29 is 19.1 Å². The van der Waals surface area contributed by atoms with Crippen LogP contribution in [0.1, 0.15) is 16.2 Å². The minimum Gasteiger partial charge on any atom is -0.468 e. The first-order chi connectivity index (χ1) is 13.0. The van der Waals surface area contributed by atoms with Crippen LogP contribution in [0.2, 0.25) is 0 Å². The number of fused-ring (bicyclic) bond motifs is 1. The van der Waals surface area contributed by atoms with Crippen molar-refractivity contribution in [3.05, 3.63) is 47.9 Å². The molecule has 1 aromatic carbocycles. The summed E-state index contributed by atoms with van der Waals surface area (Å²) in [5, 5.41) is 0. The van der Waals surface area contributed by atoms with Gasteiger partial charge in [0.2, 0.25) is 0 Å². The number of aromatic nitrogens is 2. The highest BCUT2D eigenvalue weighted by molar-refractivity contribution is 6.00. The number of nitrogens with zero attached hydrogens (tertiary/aromatic N) is 3. The average Bonchev–Trinajstić information content (AvgIpc) is 3.26. The summed E-state index contributed by atoms with van der Waals surface area (Å²) in [6, 6.07) is 9.57. The molecule has 0 spiro atoms. The molecule has 1 amide bonds. The molecule has 1 aromatic heterocycles. The molecular formula is C20H21N3O4. The molecule has 0 bridgehead atoms. The van der Waals surface area contributed by atoms with Gasteiger partial charge in [0.05, 0.1) is 31.6 Å². The molecule has 0 radical (unpaired) electrons. The van der Waals surface area contributed by atoms with Crippen LogP contribution in [-0.2, 0) is 14.3 Å². The smallest absolute Gasteiger partial charge is 0.316 e. The number of amides is 1. The van der Waals surface area contributed by atoms with Crippen molar-refractivity contribution in [2.24, 2.45) is 11.3 Å². The zero-order chi connectivity index (χ0) is 19.0. The lowest BCUT2D eigenvalue weighted by molar-refractivity contribution is -0.153. The maximum Gasteiger partial charge on any atom is 0.316 e. The number of ether oxygens (including phenoxy) is 2. The van der Waals surface area contributed by atoms with Crippen LogP contribution in [0.3, 0.4) is 0 Å². The molecule has 7 heteroatoms. The summed E-state index contributed by atoms with van der Waals surface area (Å²) in [5.41, 5.74) is 1.13. The van der Waals surface area contributed by atoms with Crippen molar-refractivity contribution in [1.29, 1.82) is 0 Å². The van der Waals surface area contributed by atoms with Gasteiger partial charge in [-0.05, 0) is 6.92 Å². The molecule has 0 saturated carbocycles. The lowest BCUT2D eigenvalue weighted by Crippen LogP contribution is -2.41. The van der Waals surface area contributed by atoms with Gasteiger partial charge in [0.25, 0.3) is 5.91 Å². The van der Waals surface area contributed by atoms with Crippen molar-refractivity contribution in [2.45, 2.75) is 6.92 Å². The Kier molecular flexibility index (Phi) is 4.39. The zero-order valence-electron chi connectivity index (χ0n) is 15.3. The number of carbonyl (C=O) groups is 2. The normalized spacial score (nSPS) is 23.9. The summed E-state index contributed by atoms with van der Waals surface area (Å²) in [4.78, 5) is 36.1. The Morgan fingerprint density at radius 1 is 1.30 bits per heavy atom. The van der Waals surface area contributed by atoms with E-state index in [1.165, 1.54) is 7.11 Å². The molecule has 2 fully saturated rings. The molecule has 2 aromatic rings. The topological polar surface area (TPSA) is 81.6 Å². The quantitative estimate of drug-likeness (QED) is 0.769. The van der Waals surface area contributed by atoms with Gasteiger partial charge in [-0.15, -0.1) is 0 Å². The molecule has 3 heterocycles. The third kappa shape index (κ3) is 2.88. The van der Waals surface area contributed by atoms with Crippen LogP contribution < -0.4 is 0 Å². The van der Waals surface area contributed by atoms with Crippen molar-refractivity contribution >= 4 is 11.9 Å². The van der Waals surface area contributed by atoms with Gasteiger partial charge in [-0.2, -0.15) is 0 Å². The Morgan fingerprint density at radius 2 is 2.07 bits per heavy atom. The number of esters is 1. The molecule has 0 aliphatic carbocycles. The van der Waals surface area contributed by atoms with Gasteiger partial charge in [0.15, 0.2) is 0 Å². The van der Waals surface area contributed by atoms with Crippen LogP contribution in [-0.4, -0.2) is 60.2 Å². The SMILES string of the molecule is COC(=O)[C@@]12COC[C@@H]1CN(C(=O)c1cnc(C)nc1-c1ccccc1)C2. The highest BCUT2D eigenvalue weighted by atomic mass is 16.5. The third-order valence-electron chi connectivity index (χ3n) is 5.44. The first-order valence-corrected chi connectivity index (χ1v) is 8.89. The van der Waals surface area contributed by atoms with E-state index < -0.39 is 5.41 Å². The molecule has 140 valence electrons. The van der Waals surface area contributed by atoms with E-state index in [2.05, 4.69) is 9.97 Å². The number of hydrogen-bond acceptors (Lipinski definition) is 6. The Labute approximate surface area is 157 Å². The summed E-state index contributed by atoms with van der Waals surface area (Å²) in [6.45, 7) is 3.27. The van der Waals surface area contributed by atoms with Gasteiger partial charge in [0.1, 0.15) is 11.2 Å². The van der Waals surface area contributed by atoms with Gasteiger partial charge >= 0.3 is 5.97 Å². The summed E-state index contributed by atoms with van der Waals surface area (Å²) >= 11 is 0. The highest BCUT2D eigenvalue weighted by Crippen LogP contribution is 2.43. The maximum absolute atomic E-state index is 13.3. The van der Waals surface area contributed by atoms with Crippen LogP contribution in [0.5, 0.6) is 0 Å². The van der Waals surface area contributed by atoms with Crippen molar-refractivity contribution in [3.8, 4) is 11.3 Å². The van der Waals surface area contributed by atoms with Gasteiger partial charge < -0.3 is 14.4 Å². The van der Waals surface area contributed by atoms with E-state index in [0.717, 1.165) is 5.56 Å². The minimum atomic E-state index is -0.775. The standard InChI is InChI=1S/C20H21N3O4/c1-13-21-8-16(17(22-13)14-6-4-3-5-7-14)18(24)23-9-15-10-27-12-20(15,11-23)19(25)26-2/h3-8,15H,9-12H2,1-2H3/t15-,20-/m0/s1. The molecule has 0 N–H and O–H groups in total. The largest absolute Gasteiger partial charge is 0.468 e. The molecule has 2 atom stereocenters. The van der Waals surface area contributed by atoms with E-state index in [1.54, 1.807) is 18.0 Å². The fourth-order valence-corrected chi connectivity index (χ4v) is 4.00. The van der Waals surface area contributed by atoms with E-state index in [-0.39, 0.29) is 30.9 Å². The second-order valence-corrected chi connectivity index (χ2v) is 7.09. The van der Waals surface area contributed by atoms with Gasteiger partial charge in [-0.25, -0.2) is 9.97 Å². The van der Waals surface area contributed by atoms with E-state index in [1.807, 2.05) is 30.3 Å². The average molecular weight is 367 g/mol. The van der Waals surface area contributed by atoms with Crippen LogP contribution >= 0.6 is 0 Å². The Morgan fingerprint density at radius 3 is 2.81 bits per heavy atom. The fraction of sp³-hybridized carbons (Fsp3) is 0.400. The second-order valence-electron chi connectivity index (χ2n) is 7.09. The highest BCUT2D eigenvalue weighted by Gasteiger charge is 2.57. The number of hydrogen-bond donors (Lipinski definition) is 0. The molecular weight excluding hydrogens is 346 g/mol. The van der Waals surface area contributed by atoms with Crippen molar-refractivity contribution in [3.63, 3.8) is 0 Å². The lowest BCUT2D eigenvalue weighted by Gasteiger charge is -2.24. The summed E-state index contributed by atoms with van der Waals surface area (Å²) < 4.78 is 10.5. The Hall–Kier alpha value is -2.80. The number of methoxy groups -OCH3 is 1. The van der Waals surface area contributed by atoms with E-state index >= 15 is 0 Å². The van der Waals surface area contributed by atoms with Crippen molar-refractivity contribution in [2.75, 3.05) is 33.4 Å². The molecule has 2 aliphatic rings. The van der Waals surface area contributed by atoms with Gasteiger partial charge in [-0.3, -0.25) is 9.59 Å². The monoisotopic (exact) mass is 367 g/mol. The molecule has 27 heavy (non-hydrogen) atoms. The summed E-state index contributed by atoms with van der Waals surface area (Å²) in [7, 11) is 1.37. The predicted molar refractivity (Wildman–Crippen MR) is 96.9 cm³/mol. The molecule has 0 unspecified atom stereocenters. The van der Waals surface area contributed by atoms with Gasteiger partial charge in [0, 0.05) is 30.8 Å². The van der Waals surface area contributed by atoms with Crippen LogP contribution in [0.25, 0.3) is 11.3 Å². The number of rotatable bonds is 3. The molecule has 2 saturated heterocycles. The number of benzene rings is 1. The molecule has 2 aliphatic heterocycles. The van der Waals surface area contributed by atoms with Crippen LogP contribution in [0.15, 0.2) is 36.5 Å². The van der Waals surface area contributed by atoms with Gasteiger partial charge in [-0.1, -0.05) is 30.3 Å². The first kappa shape index (κ1) is 17.6. The zero-order valence-corrected chi connectivity index (χ0v) is 15.3. The van der Waals surface area contributed by atoms with E-state index in [0.29, 0.717) is 30.2 Å². The van der Waals surface area contributed by atoms with Crippen LogP contribution in [0, 0.1) is 18.3 Å². The Balaban J connectivity index is 1.68. The number of aryl methyl sites for hydroxylation is 1. The van der Waals surface area contributed by atoms with E-state index in [9.17, 15) is 9.59 Å². The summed E-state index contributed by atoms with van der Waals surface area (Å²) in [5.74, 6) is 0.0545. The van der Waals surface area contributed by atoms with Crippen LogP contribution in [0.4, 0.5) is 0 Å². The van der Waals surface area contributed by atoms with Crippen molar-refractivity contribution in [1.82, 2.24) is 14.9 Å². The second kappa shape index (κ2) is 6.74. The number of likely N-dealkylation sites (tertiary alicyclic amines) is 1. The first-order valence-electron chi connectivity index (χ1n) is 8.89. The maximum atomic E-state index is 13.3. The molecule has 4 rings (SSSR count). The fourth-order valence-electron chi connectivity index (χ4n) is 4.00. The van der Waals surface area contributed by atoms with E-state index in [4.69, 9.17) is 9.47 Å². The summed E-state index contributed by atoms with van der Waals surface area (Å²) in [6.07, 6.45) is 1.57. The minimum absolute atomic E-state index is 0.0551. The Bertz CT molecular complexity index is 886. The number of carbonyl (C=O) groups excluding carboxylic acids is 2. The lowest BCUT2D eigenvalue weighted by atomic mass is 9.81. The third-order valence-corrected chi connectivity index (χ3v) is 5.44.